The second kappa shape index (κ2) is 10.6. The zero-order valence-electron chi connectivity index (χ0n) is 19.0. The molecule has 1 aliphatic rings. The Hall–Kier alpha value is -2.88. The molecule has 0 atom stereocenters. The van der Waals surface area contributed by atoms with Gasteiger partial charge in [0.2, 0.25) is 10.0 Å². The monoisotopic (exact) mass is 497 g/mol. The van der Waals surface area contributed by atoms with Gasteiger partial charge in [0.1, 0.15) is 0 Å². The molecule has 34 heavy (non-hydrogen) atoms. The number of aryl methyl sites for hydroxylation is 2. The average Bonchev–Trinajstić information content (AvgIpc) is 3.26. The predicted molar refractivity (Wildman–Crippen MR) is 132 cm³/mol. The molecule has 0 saturated heterocycles. The summed E-state index contributed by atoms with van der Waals surface area (Å²) in [5, 5.41) is 4.00. The molecule has 3 aromatic rings. The number of carbonyl (C=O) groups excluding carboxylic acids is 2. The number of amides is 1. The van der Waals surface area contributed by atoms with Crippen molar-refractivity contribution in [3.05, 3.63) is 80.8 Å². The number of carbonyl (C=O) groups is 2. The van der Waals surface area contributed by atoms with E-state index in [1.54, 1.807) is 35.6 Å². The smallest absolute Gasteiger partial charge is 0.251 e. The number of aromatic nitrogens is 1. The summed E-state index contributed by atoms with van der Waals surface area (Å²) in [6, 6.07) is 12.6. The second-order valence-corrected chi connectivity index (χ2v) is 11.2. The van der Waals surface area contributed by atoms with Gasteiger partial charge in [-0.1, -0.05) is 24.3 Å². The van der Waals surface area contributed by atoms with Gasteiger partial charge in [-0.25, -0.2) is 18.1 Å². The van der Waals surface area contributed by atoms with Crippen LogP contribution < -0.4 is 10.0 Å². The van der Waals surface area contributed by atoms with E-state index in [1.807, 2.05) is 0 Å². The Bertz CT molecular complexity index is 1260. The molecule has 9 heteroatoms. The van der Waals surface area contributed by atoms with Crippen LogP contribution in [0.15, 0.2) is 53.4 Å². The number of nitrogens with one attached hydrogen (secondary N) is 2. The van der Waals surface area contributed by atoms with Gasteiger partial charge in [0.15, 0.2) is 5.78 Å². The first-order chi connectivity index (χ1) is 16.3. The minimum Gasteiger partial charge on any atom is -0.352 e. The third kappa shape index (κ3) is 5.97. The number of benzene rings is 2. The zero-order valence-corrected chi connectivity index (χ0v) is 20.6. The Balaban J connectivity index is 1.27. The van der Waals surface area contributed by atoms with Gasteiger partial charge in [0, 0.05) is 35.5 Å². The highest BCUT2D eigenvalue weighted by atomic mass is 32.2. The van der Waals surface area contributed by atoms with E-state index in [2.05, 4.69) is 10.0 Å². The third-order valence-corrected chi connectivity index (χ3v) is 8.40. The fraction of sp³-hybridized carbons (Fsp3) is 0.320. The van der Waals surface area contributed by atoms with Gasteiger partial charge in [-0.3, -0.25) is 9.59 Å². The van der Waals surface area contributed by atoms with Crippen molar-refractivity contribution < 1.29 is 18.0 Å². The Morgan fingerprint density at radius 3 is 2.32 bits per heavy atom. The first-order valence-electron chi connectivity index (χ1n) is 11.3. The van der Waals surface area contributed by atoms with Crippen molar-refractivity contribution in [1.82, 2.24) is 15.0 Å². The Labute approximate surface area is 203 Å². The van der Waals surface area contributed by atoms with Crippen LogP contribution in [0.25, 0.3) is 0 Å². The Kier molecular flexibility index (Phi) is 7.55. The molecule has 0 fully saturated rings. The topological polar surface area (TPSA) is 105 Å². The molecule has 1 amide bonds. The van der Waals surface area contributed by atoms with Crippen molar-refractivity contribution in [2.24, 2.45) is 0 Å². The van der Waals surface area contributed by atoms with Gasteiger partial charge >= 0.3 is 0 Å². The molecular weight excluding hydrogens is 470 g/mol. The van der Waals surface area contributed by atoms with Crippen LogP contribution in [0.5, 0.6) is 0 Å². The molecule has 1 aromatic heterocycles. The highest BCUT2D eigenvalue weighted by Gasteiger charge is 2.16. The van der Waals surface area contributed by atoms with E-state index in [4.69, 9.17) is 4.98 Å². The number of hydrogen-bond acceptors (Lipinski definition) is 6. The lowest BCUT2D eigenvalue weighted by Gasteiger charge is -2.08. The number of fused-ring (bicyclic) bond motifs is 1. The van der Waals surface area contributed by atoms with E-state index in [-0.39, 0.29) is 23.1 Å². The number of nitrogens with zero attached hydrogens (tertiary/aromatic N) is 1. The number of ketones is 1. The third-order valence-electron chi connectivity index (χ3n) is 5.77. The lowest BCUT2D eigenvalue weighted by molar-refractivity contribution is 0.0953. The Morgan fingerprint density at radius 1 is 0.971 bits per heavy atom. The van der Waals surface area contributed by atoms with Crippen LogP contribution in [-0.2, 0) is 35.8 Å². The Morgan fingerprint density at radius 2 is 1.65 bits per heavy atom. The van der Waals surface area contributed by atoms with Crippen LogP contribution in [0.4, 0.5) is 0 Å². The summed E-state index contributed by atoms with van der Waals surface area (Å²) in [7, 11) is -3.71. The zero-order chi connectivity index (χ0) is 24.1. The normalized spacial score (nSPS) is 13.3. The summed E-state index contributed by atoms with van der Waals surface area (Å²) in [5.41, 5.74) is 2.94. The SMILES string of the molecule is CC(=O)c1ccc(S(=O)(=O)NCc2ccc(C(=O)NCCc3nc4c(s3)CCCC4)cc2)cc1. The molecule has 0 saturated carbocycles. The highest BCUT2D eigenvalue weighted by molar-refractivity contribution is 7.89. The molecule has 0 radical (unpaired) electrons. The quantitative estimate of drug-likeness (QED) is 0.439. The number of thiazole rings is 1. The summed E-state index contributed by atoms with van der Waals surface area (Å²) < 4.78 is 27.5. The minimum absolute atomic E-state index is 0.0907. The highest BCUT2D eigenvalue weighted by Crippen LogP contribution is 2.26. The van der Waals surface area contributed by atoms with Crippen LogP contribution in [0.3, 0.4) is 0 Å². The number of Topliss-reactive ketones (excluding diaryl/α,β-unsaturated/α-hetero) is 1. The first-order valence-corrected chi connectivity index (χ1v) is 13.6. The maximum absolute atomic E-state index is 12.5. The minimum atomic E-state index is -3.71. The molecule has 0 aliphatic heterocycles. The molecule has 178 valence electrons. The molecule has 0 unspecified atom stereocenters. The summed E-state index contributed by atoms with van der Waals surface area (Å²) in [5.74, 6) is -0.290. The summed E-state index contributed by atoms with van der Waals surface area (Å²) >= 11 is 1.76. The van der Waals surface area contributed by atoms with Crippen molar-refractivity contribution >= 4 is 33.1 Å². The van der Waals surface area contributed by atoms with Crippen LogP contribution in [0.2, 0.25) is 0 Å². The van der Waals surface area contributed by atoms with Crippen molar-refractivity contribution in [1.29, 1.82) is 0 Å². The summed E-state index contributed by atoms with van der Waals surface area (Å²) in [6.07, 6.45) is 5.34. The van der Waals surface area contributed by atoms with Crippen LogP contribution >= 0.6 is 11.3 Å². The van der Waals surface area contributed by atoms with Crippen LogP contribution in [0.1, 0.15) is 61.6 Å². The lowest BCUT2D eigenvalue weighted by atomic mass is 10.0. The van der Waals surface area contributed by atoms with Gasteiger partial charge in [-0.05, 0) is 62.4 Å². The standard InChI is InChI=1S/C25H27N3O4S2/c1-17(29)19-10-12-21(13-11-19)34(31,32)27-16-18-6-8-20(9-7-18)25(30)26-15-14-24-28-22-4-2-3-5-23(22)33-24/h6-13,27H,2-5,14-16H2,1H3,(H,26,30). The van der Waals surface area contributed by atoms with Gasteiger partial charge in [-0.2, -0.15) is 0 Å². The first kappa shape index (κ1) is 24.3. The largest absolute Gasteiger partial charge is 0.352 e. The van der Waals surface area contributed by atoms with Crippen molar-refractivity contribution in [2.75, 3.05) is 6.54 Å². The van der Waals surface area contributed by atoms with E-state index in [0.29, 0.717) is 17.7 Å². The molecule has 2 aromatic carbocycles. The molecule has 0 bridgehead atoms. The number of hydrogen-bond donors (Lipinski definition) is 2. The van der Waals surface area contributed by atoms with Gasteiger partial charge in [0.25, 0.3) is 5.91 Å². The van der Waals surface area contributed by atoms with Crippen molar-refractivity contribution in [2.45, 2.75) is 50.5 Å². The predicted octanol–water partition coefficient (Wildman–Crippen LogP) is 3.68. The summed E-state index contributed by atoms with van der Waals surface area (Å²) in [4.78, 5) is 30.0. The fourth-order valence-corrected chi connectivity index (χ4v) is 5.98. The molecule has 4 rings (SSSR count). The fourth-order valence-electron chi connectivity index (χ4n) is 3.80. The number of sulfonamides is 1. The van der Waals surface area contributed by atoms with E-state index in [1.165, 1.54) is 54.6 Å². The van der Waals surface area contributed by atoms with Gasteiger partial charge in [0.05, 0.1) is 15.6 Å². The van der Waals surface area contributed by atoms with Gasteiger partial charge < -0.3 is 5.32 Å². The van der Waals surface area contributed by atoms with Crippen molar-refractivity contribution in [3.8, 4) is 0 Å². The molecule has 1 heterocycles. The average molecular weight is 498 g/mol. The van der Waals surface area contributed by atoms with E-state index >= 15 is 0 Å². The lowest BCUT2D eigenvalue weighted by Crippen LogP contribution is -2.26. The van der Waals surface area contributed by atoms with Gasteiger partial charge in [-0.15, -0.1) is 11.3 Å². The molecule has 1 aliphatic carbocycles. The van der Waals surface area contributed by atoms with Crippen molar-refractivity contribution in [3.63, 3.8) is 0 Å². The molecular formula is C25H27N3O4S2. The maximum Gasteiger partial charge on any atom is 0.251 e. The summed E-state index contributed by atoms with van der Waals surface area (Å²) in [6.45, 7) is 2.04. The number of rotatable bonds is 9. The van der Waals surface area contributed by atoms with Crippen LogP contribution in [0, 0.1) is 0 Å². The van der Waals surface area contributed by atoms with E-state index in [9.17, 15) is 18.0 Å². The molecule has 0 spiro atoms. The van der Waals surface area contributed by atoms with E-state index < -0.39 is 10.0 Å². The maximum atomic E-state index is 12.5. The van der Waals surface area contributed by atoms with Crippen LogP contribution in [-0.4, -0.2) is 31.6 Å². The second-order valence-electron chi connectivity index (χ2n) is 8.29. The molecule has 2 N–H and O–H groups in total. The molecule has 7 nitrogen and oxygen atoms in total. The van der Waals surface area contributed by atoms with E-state index in [0.717, 1.165) is 29.8 Å².